The number of aliphatic hydroxyl groups is 3. The Morgan fingerprint density at radius 1 is 1.11 bits per heavy atom. The van der Waals surface area contributed by atoms with E-state index in [0.717, 1.165) is 0 Å². The van der Waals surface area contributed by atoms with Gasteiger partial charge in [0.1, 0.15) is 17.1 Å². The number of phenolic OH excluding ortho intramolecular Hbond substituents is 1. The average molecular weight is 655 g/mol. The number of ketones is 2. The Morgan fingerprint density at radius 3 is 2.17 bits per heavy atom. The molecule has 15 heteroatoms. The minimum atomic E-state index is -4.37. The summed E-state index contributed by atoms with van der Waals surface area (Å²) in [6.07, 6.45) is -6.73. The van der Waals surface area contributed by atoms with Crippen LogP contribution < -0.4 is 10.6 Å². The average Bonchev–Trinajstić information content (AvgIpc) is 2.94. The van der Waals surface area contributed by atoms with Crippen molar-refractivity contribution in [2.24, 2.45) is 23.5 Å². The maximum absolute atomic E-state index is 13.7. The van der Waals surface area contributed by atoms with Gasteiger partial charge < -0.3 is 36.0 Å². The van der Waals surface area contributed by atoms with Crippen LogP contribution in [0.4, 0.5) is 18.9 Å². The van der Waals surface area contributed by atoms with Crippen molar-refractivity contribution in [1.29, 1.82) is 0 Å². The number of carbonyl (C=O) groups excluding carboxylic acids is 4. The number of phenols is 1. The number of halogens is 3. The molecular weight excluding hydrogens is 613 g/mol. The number of aliphatic hydroxyl groups excluding tert-OH is 2. The molecule has 0 aromatic heterocycles. The van der Waals surface area contributed by atoms with Crippen molar-refractivity contribution in [1.82, 2.24) is 9.80 Å². The van der Waals surface area contributed by atoms with Gasteiger partial charge >= 0.3 is 6.18 Å². The zero-order valence-corrected chi connectivity index (χ0v) is 26.4. The van der Waals surface area contributed by atoms with E-state index < -0.39 is 82.1 Å². The van der Waals surface area contributed by atoms with Crippen LogP contribution in [-0.4, -0.2) is 119 Å². The summed E-state index contributed by atoms with van der Waals surface area (Å²) in [5.41, 5.74) is 2.57. The van der Waals surface area contributed by atoms with E-state index in [9.17, 15) is 52.8 Å². The number of fused-ring (bicyclic) bond motifs is 1. The van der Waals surface area contributed by atoms with Gasteiger partial charge in [-0.25, -0.2) is 0 Å². The second-order valence-corrected chi connectivity index (χ2v) is 13.0. The first-order valence-electron chi connectivity index (χ1n) is 15.0. The summed E-state index contributed by atoms with van der Waals surface area (Å²) in [6.45, 7) is 0.869. The SMILES string of the molecule is CC(O)[C@]1(O)C(O)=C(C(N)=O)C(=O)[C@@H](N(C)C)[C@@H]1C[C@H]1CC(=O)c2c(O)c(C(=O)N3CCC(C(F)(F)F)CC3)cc(N(C)C)c2C1. The van der Waals surface area contributed by atoms with E-state index in [2.05, 4.69) is 0 Å². The molecule has 1 unspecified atom stereocenters. The fraction of sp³-hybridized carbons (Fsp3) is 0.613. The fourth-order valence-electron chi connectivity index (χ4n) is 7.31. The summed E-state index contributed by atoms with van der Waals surface area (Å²) in [5.74, 6) is -8.28. The molecule has 46 heavy (non-hydrogen) atoms. The highest BCUT2D eigenvalue weighted by Crippen LogP contribution is 2.47. The minimum absolute atomic E-state index is 0.0836. The lowest BCUT2D eigenvalue weighted by Crippen LogP contribution is -2.63. The topological polar surface area (TPSA) is 185 Å². The molecule has 2 aliphatic carbocycles. The van der Waals surface area contributed by atoms with Gasteiger partial charge in [0, 0.05) is 45.2 Å². The lowest BCUT2D eigenvalue weighted by Gasteiger charge is -2.48. The van der Waals surface area contributed by atoms with Gasteiger partial charge in [-0.15, -0.1) is 0 Å². The molecule has 12 nitrogen and oxygen atoms in total. The molecule has 0 radical (unpaired) electrons. The van der Waals surface area contributed by atoms with Crippen LogP contribution in [-0.2, 0) is 16.0 Å². The van der Waals surface area contributed by atoms with Gasteiger partial charge in [0.25, 0.3) is 11.8 Å². The number of primary amides is 1. The Balaban J connectivity index is 1.71. The van der Waals surface area contributed by atoms with Crippen LogP contribution in [0.2, 0.25) is 0 Å². The number of Topliss-reactive ketones (excluding diaryl/α,β-unsaturated/α-hetero) is 2. The Hall–Kier alpha value is -3.69. The molecule has 1 fully saturated rings. The third-order valence-corrected chi connectivity index (χ3v) is 9.69. The van der Waals surface area contributed by atoms with E-state index in [0.29, 0.717) is 11.3 Å². The number of piperidine rings is 1. The largest absolute Gasteiger partial charge is 0.508 e. The summed E-state index contributed by atoms with van der Waals surface area (Å²) >= 11 is 0. The van der Waals surface area contributed by atoms with E-state index in [1.807, 2.05) is 0 Å². The van der Waals surface area contributed by atoms with Crippen molar-refractivity contribution < 1.29 is 52.8 Å². The molecule has 4 rings (SSSR count). The molecule has 1 aliphatic heterocycles. The normalized spacial score (nSPS) is 26.8. The lowest BCUT2D eigenvalue weighted by molar-refractivity contribution is -0.183. The number of carbonyl (C=O) groups is 4. The predicted molar refractivity (Wildman–Crippen MR) is 159 cm³/mol. The number of nitrogens with two attached hydrogens (primary N) is 1. The minimum Gasteiger partial charge on any atom is -0.508 e. The third kappa shape index (κ3) is 5.95. The Kier molecular flexibility index (Phi) is 9.55. The number of amides is 2. The van der Waals surface area contributed by atoms with Gasteiger partial charge in [-0.2, -0.15) is 13.2 Å². The molecule has 1 aromatic rings. The maximum atomic E-state index is 13.7. The Morgan fingerprint density at radius 2 is 1.70 bits per heavy atom. The molecule has 2 amide bonds. The number of nitrogens with zero attached hydrogens (tertiary/aromatic N) is 3. The van der Waals surface area contributed by atoms with Gasteiger partial charge in [0.05, 0.1) is 29.2 Å². The second-order valence-electron chi connectivity index (χ2n) is 13.0. The zero-order chi connectivity index (χ0) is 34.6. The van der Waals surface area contributed by atoms with Gasteiger partial charge in [0.2, 0.25) is 0 Å². The number of anilines is 1. The molecule has 1 aromatic carbocycles. The first-order chi connectivity index (χ1) is 21.2. The van der Waals surface area contributed by atoms with Crippen LogP contribution in [0.5, 0.6) is 5.75 Å². The Bertz CT molecular complexity index is 1470. The molecule has 254 valence electrons. The summed E-state index contributed by atoms with van der Waals surface area (Å²) in [4.78, 5) is 56.9. The summed E-state index contributed by atoms with van der Waals surface area (Å²) in [6, 6.07) is 0.187. The number of likely N-dealkylation sites (N-methyl/N-ethyl adjacent to an activating group) is 1. The van der Waals surface area contributed by atoms with Gasteiger partial charge in [-0.3, -0.25) is 24.1 Å². The van der Waals surface area contributed by atoms with E-state index in [1.165, 1.54) is 36.9 Å². The number of likely N-dealkylation sites (tertiary alicyclic amines) is 1. The van der Waals surface area contributed by atoms with E-state index in [-0.39, 0.29) is 56.3 Å². The summed E-state index contributed by atoms with van der Waals surface area (Å²) in [5, 5.41) is 44.6. The monoisotopic (exact) mass is 654 g/mol. The molecular formula is C31H41F3N4O8. The highest BCUT2D eigenvalue weighted by molar-refractivity contribution is 6.22. The van der Waals surface area contributed by atoms with Gasteiger partial charge in [-0.05, 0) is 64.3 Å². The van der Waals surface area contributed by atoms with Crippen LogP contribution in [0.15, 0.2) is 17.4 Å². The van der Waals surface area contributed by atoms with E-state index in [4.69, 9.17) is 5.73 Å². The lowest BCUT2D eigenvalue weighted by atomic mass is 9.64. The first kappa shape index (κ1) is 35.2. The van der Waals surface area contributed by atoms with Gasteiger partial charge in [-0.1, -0.05) is 0 Å². The van der Waals surface area contributed by atoms with E-state index in [1.54, 1.807) is 19.0 Å². The second kappa shape index (κ2) is 12.5. The smallest absolute Gasteiger partial charge is 0.391 e. The van der Waals surface area contributed by atoms with Crippen molar-refractivity contribution in [3.63, 3.8) is 0 Å². The van der Waals surface area contributed by atoms with Gasteiger partial charge in [0.15, 0.2) is 17.2 Å². The van der Waals surface area contributed by atoms with E-state index >= 15 is 0 Å². The maximum Gasteiger partial charge on any atom is 0.391 e. The molecule has 1 heterocycles. The van der Waals surface area contributed by atoms with Crippen LogP contribution >= 0.6 is 0 Å². The first-order valence-corrected chi connectivity index (χ1v) is 15.0. The molecule has 0 spiro atoms. The Labute approximate surface area is 264 Å². The zero-order valence-electron chi connectivity index (χ0n) is 26.4. The highest BCUT2D eigenvalue weighted by Gasteiger charge is 2.58. The van der Waals surface area contributed by atoms with Crippen molar-refractivity contribution in [3.8, 4) is 5.75 Å². The quantitative estimate of drug-likeness (QED) is 0.270. The third-order valence-electron chi connectivity index (χ3n) is 9.69. The number of hydrogen-bond acceptors (Lipinski definition) is 10. The predicted octanol–water partition coefficient (Wildman–Crippen LogP) is 1.55. The molecule has 6 N–H and O–H groups in total. The summed E-state index contributed by atoms with van der Waals surface area (Å²) < 4.78 is 39.5. The molecule has 0 bridgehead atoms. The van der Waals surface area contributed by atoms with Crippen molar-refractivity contribution in [2.75, 3.05) is 46.2 Å². The highest BCUT2D eigenvalue weighted by atomic mass is 19.4. The summed E-state index contributed by atoms with van der Waals surface area (Å²) in [7, 11) is 6.36. The van der Waals surface area contributed by atoms with Crippen LogP contribution in [0, 0.1) is 17.8 Å². The number of aromatic hydroxyl groups is 1. The molecule has 5 atom stereocenters. The van der Waals surface area contributed by atoms with Crippen LogP contribution in [0.1, 0.15) is 58.9 Å². The van der Waals surface area contributed by atoms with Crippen molar-refractivity contribution in [2.45, 2.75) is 63.0 Å². The van der Waals surface area contributed by atoms with Crippen LogP contribution in [0.25, 0.3) is 0 Å². The van der Waals surface area contributed by atoms with Crippen molar-refractivity contribution in [3.05, 3.63) is 34.1 Å². The number of rotatable bonds is 7. The number of hydrogen-bond donors (Lipinski definition) is 5. The molecule has 0 saturated carbocycles. The molecule has 1 saturated heterocycles. The number of alkyl halides is 3. The standard InChI is InChI=1S/C31H41F3N4O8/c1-14(39)30(46)19(24(37(4)5)26(42)23(27(30)43)28(35)44)11-15-10-17-20(36(2)3)13-18(25(41)22(17)21(40)12-15)29(45)38-8-6-16(7-9-38)31(32,33)34/h13-16,19,24,39,41,43,46H,6-12H2,1-5H3,(H2,35,44)/t14?,15-,19-,24-,30+/m0/s1. The number of benzene rings is 1. The molecule has 3 aliphatic rings. The van der Waals surface area contributed by atoms with Crippen molar-refractivity contribution >= 4 is 29.1 Å². The van der Waals surface area contributed by atoms with Crippen LogP contribution in [0.3, 0.4) is 0 Å². The fourth-order valence-corrected chi connectivity index (χ4v) is 7.31.